The highest BCUT2D eigenvalue weighted by Gasteiger charge is 1.69. The lowest BCUT2D eigenvalue weighted by molar-refractivity contribution is 0.387. The Balaban J connectivity index is 3.74. The van der Waals surface area contributed by atoms with Gasteiger partial charge in [0, 0.05) is 0 Å². The highest BCUT2D eigenvalue weighted by molar-refractivity contribution is 14.2. The van der Waals surface area contributed by atoms with Crippen molar-refractivity contribution in [3.63, 3.8) is 0 Å². The number of aliphatic hydroxyl groups excluding tert-OH is 1. The van der Waals surface area contributed by atoms with E-state index in [-0.39, 0.29) is 4.61 Å². The fourth-order valence-corrected chi connectivity index (χ4v) is 0.585. The van der Waals surface area contributed by atoms with Crippen molar-refractivity contribution >= 4 is 21.0 Å². The summed E-state index contributed by atoms with van der Waals surface area (Å²) in [5, 5.41) is 40.7. The van der Waals surface area contributed by atoms with Crippen LogP contribution in [0, 0.1) is 5.53 Å². The maximum absolute atomic E-state index is 8.34. The molecule has 0 aliphatic rings. The van der Waals surface area contributed by atoms with E-state index < -0.39 is 21.0 Å². The fraction of sp³-hybridized carbons (Fsp3) is 1.00. The first-order valence-electron chi connectivity index (χ1n) is 3.18. The van der Waals surface area contributed by atoms with Gasteiger partial charge in [-0.25, -0.2) is 0 Å². The molecule has 0 aliphatic heterocycles. The zero-order valence-electron chi connectivity index (χ0n) is 7.40. The van der Waals surface area contributed by atoms with Gasteiger partial charge in [0.2, 0.25) is 0 Å². The van der Waals surface area contributed by atoms with E-state index in [4.69, 9.17) is 10.6 Å². The minimum absolute atomic E-state index is 0.0195. The quantitative estimate of drug-likeness (QED) is 0.306. The number of nitrogens with one attached hydrogen (secondary N) is 1. The van der Waals surface area contributed by atoms with E-state index in [0.717, 1.165) is 0 Å². The van der Waals surface area contributed by atoms with Crippen molar-refractivity contribution in [2.45, 2.75) is 0 Å². The summed E-state index contributed by atoms with van der Waals surface area (Å²) in [5.41, 5.74) is 6.17. The van der Waals surface area contributed by atoms with Crippen LogP contribution in [0.3, 0.4) is 0 Å². The Bertz CT molecular complexity index is 336. The van der Waals surface area contributed by atoms with Gasteiger partial charge in [-0.05, 0) is 57.5 Å². The standard InChI is InChI=1S/CH4IN13O/c3-5-7-9-11-13-15-14-12-10-8-6-4-2-1-16/h3,16H,1H2/b5-3?,8-6+,9-7+,12-10+,13-11+,15-14+. The summed E-state index contributed by atoms with van der Waals surface area (Å²) in [7, 11) is 0. The number of aliphatic hydroxyl groups is 1. The van der Waals surface area contributed by atoms with Gasteiger partial charge in [0.15, 0.2) is 0 Å². The zero-order valence-corrected chi connectivity index (χ0v) is 9.56. The third-order valence-corrected chi connectivity index (χ3v) is 1.35. The molecule has 0 heterocycles. The molecule has 0 atom stereocenters. The van der Waals surface area contributed by atoms with Crippen molar-refractivity contribution in [1.82, 2.24) is 0 Å². The molecule has 0 amide bonds. The number of halogens is 1. The Morgan fingerprint density at radius 3 is 1.62 bits per heavy atom. The topological polar surface area (TPSA) is 192 Å². The van der Waals surface area contributed by atoms with E-state index in [1.54, 1.807) is 0 Å². The molecule has 0 unspecified atom stereocenters. The number of hydrogen-bond donors (Lipinski definition) is 2. The molecule has 0 radical (unpaired) electrons. The summed E-state index contributed by atoms with van der Waals surface area (Å²) in [5.74, 6) is 0. The van der Waals surface area contributed by atoms with Crippen LogP contribution in [0.4, 0.5) is 0 Å². The first-order valence-corrected chi connectivity index (χ1v) is 5.67. The molecule has 0 fully saturated rings. The average Bonchev–Trinajstić information content (AvgIpc) is 2.31. The molecule has 15 heteroatoms. The Hall–Kier alpha value is -1.91. The van der Waals surface area contributed by atoms with E-state index in [2.05, 4.69) is 60.7 Å². The molecule has 16 heavy (non-hydrogen) atoms. The fourth-order valence-electron chi connectivity index (χ4n) is 0.226. The van der Waals surface area contributed by atoms with Gasteiger partial charge in [-0.3, -0.25) is 0 Å². The maximum atomic E-state index is 8.34. The first kappa shape index (κ1) is 14.1. The lowest BCUT2D eigenvalue weighted by Crippen LogP contribution is -1.54. The second kappa shape index (κ2) is 13.1. The van der Waals surface area contributed by atoms with E-state index in [1.807, 2.05) is 0 Å². The van der Waals surface area contributed by atoms with Crippen molar-refractivity contribution in [3.05, 3.63) is 0 Å². The highest BCUT2D eigenvalue weighted by atomic mass is 127. The van der Waals surface area contributed by atoms with Crippen molar-refractivity contribution < 1.29 is 5.11 Å². The number of alkyl halides is 1. The average molecular weight is 341 g/mol. The summed E-state index contributed by atoms with van der Waals surface area (Å²) >= 11 is -0.727. The molecule has 0 saturated heterocycles. The molecule has 86 valence electrons. The number of rotatable bonds is 7. The van der Waals surface area contributed by atoms with Gasteiger partial charge < -0.3 is 5.11 Å². The van der Waals surface area contributed by atoms with Gasteiger partial charge in [-0.2, -0.15) is 5.53 Å². The second-order valence-electron chi connectivity index (χ2n) is 1.31. The largest absolute Gasteiger partial charge is 0.385 e. The van der Waals surface area contributed by atoms with Gasteiger partial charge in [0.05, 0.1) is 21.0 Å². The Kier molecular flexibility index (Phi) is 11.5. The van der Waals surface area contributed by atoms with Crippen molar-refractivity contribution in [3.8, 4) is 0 Å². The minimum Gasteiger partial charge on any atom is -0.385 e. The molecule has 0 saturated carbocycles. The van der Waals surface area contributed by atoms with Gasteiger partial charge in [0.25, 0.3) is 0 Å². The third kappa shape index (κ3) is 12.1. The minimum atomic E-state index is -0.727. The molecule has 14 nitrogen and oxygen atoms in total. The SMILES string of the molecule is N=N/N=N/N=N/N=N/N=N/N=N/N=ICO. The van der Waals surface area contributed by atoms with Crippen molar-refractivity contribution in [1.29, 1.82) is 5.53 Å². The maximum Gasteiger partial charge on any atom is 0.108 e. The van der Waals surface area contributed by atoms with E-state index >= 15 is 0 Å². The zero-order chi connectivity index (χ0) is 11.9. The van der Waals surface area contributed by atoms with Crippen LogP contribution in [0.2, 0.25) is 0 Å². The van der Waals surface area contributed by atoms with Crippen LogP contribution in [0.5, 0.6) is 0 Å². The van der Waals surface area contributed by atoms with Crippen molar-refractivity contribution in [2.24, 2.45) is 60.7 Å². The smallest absolute Gasteiger partial charge is 0.108 e. The van der Waals surface area contributed by atoms with E-state index in [9.17, 15) is 0 Å². The molecule has 0 bridgehead atoms. The molecule has 0 spiro atoms. The molecule has 2 N–H and O–H groups in total. The normalized spacial score (nSPS) is 14.1. The lowest BCUT2D eigenvalue weighted by Gasteiger charge is -1.70. The van der Waals surface area contributed by atoms with Crippen LogP contribution in [-0.2, 0) is 0 Å². The van der Waals surface area contributed by atoms with E-state index in [0.29, 0.717) is 0 Å². The van der Waals surface area contributed by atoms with Gasteiger partial charge >= 0.3 is 0 Å². The summed E-state index contributed by atoms with van der Waals surface area (Å²) in [4.78, 5) is 0. The molecule has 0 aromatic heterocycles. The molecular formula is CH4IN13O. The Morgan fingerprint density at radius 2 is 1.19 bits per heavy atom. The number of hydrogen-bond acceptors (Lipinski definition) is 3. The Labute approximate surface area is 97.3 Å². The van der Waals surface area contributed by atoms with Crippen LogP contribution in [-0.4, -0.2) is 9.72 Å². The van der Waals surface area contributed by atoms with E-state index in [1.165, 1.54) is 0 Å². The molecule has 0 aromatic rings. The lowest BCUT2D eigenvalue weighted by atomic mass is 11.8. The first-order chi connectivity index (χ1) is 7.91. The van der Waals surface area contributed by atoms with Gasteiger partial charge in [0.1, 0.15) is 4.61 Å². The molecule has 0 aromatic carbocycles. The third-order valence-electron chi connectivity index (χ3n) is 0.545. The van der Waals surface area contributed by atoms with Gasteiger partial charge in [-0.15, -0.1) is 3.25 Å². The second-order valence-corrected chi connectivity index (χ2v) is 3.11. The predicted octanol–water partition coefficient (Wildman–Crippen LogP) is 2.87. The molecule has 0 rings (SSSR count). The predicted molar refractivity (Wildman–Crippen MR) is 53.0 cm³/mol. The van der Waals surface area contributed by atoms with Crippen LogP contribution in [0.15, 0.2) is 60.7 Å². The highest BCUT2D eigenvalue weighted by Crippen LogP contribution is 1.97. The summed E-state index contributed by atoms with van der Waals surface area (Å²) < 4.78 is 3.43. The summed E-state index contributed by atoms with van der Waals surface area (Å²) in [6.45, 7) is 0. The number of nitrogens with zero attached hydrogens (tertiary/aromatic N) is 12. The van der Waals surface area contributed by atoms with Gasteiger partial charge in [-0.1, -0.05) is 0 Å². The van der Waals surface area contributed by atoms with Crippen LogP contribution < -0.4 is 0 Å². The van der Waals surface area contributed by atoms with Crippen LogP contribution >= 0.6 is 21.0 Å². The molecule has 0 aliphatic carbocycles. The van der Waals surface area contributed by atoms with Crippen molar-refractivity contribution in [2.75, 3.05) is 4.61 Å². The summed E-state index contributed by atoms with van der Waals surface area (Å²) in [6, 6.07) is 0. The van der Waals surface area contributed by atoms with Crippen LogP contribution in [0.25, 0.3) is 0 Å². The monoisotopic (exact) mass is 341 g/mol. The Morgan fingerprint density at radius 1 is 0.750 bits per heavy atom. The molecular weight excluding hydrogens is 337 g/mol. The summed E-state index contributed by atoms with van der Waals surface area (Å²) in [6.07, 6.45) is 0. The van der Waals surface area contributed by atoms with Crippen LogP contribution in [0.1, 0.15) is 0 Å².